The maximum atomic E-state index is 14.4. The van der Waals surface area contributed by atoms with Gasteiger partial charge in [0.05, 0.1) is 19.2 Å². The second kappa shape index (κ2) is 10.00. The van der Waals surface area contributed by atoms with Gasteiger partial charge in [-0.15, -0.1) is 0 Å². The molecule has 0 fully saturated rings. The lowest BCUT2D eigenvalue weighted by Crippen LogP contribution is -2.06. The zero-order valence-electron chi connectivity index (χ0n) is 19.6. The Morgan fingerprint density at radius 1 is 0.944 bits per heavy atom. The number of aromatic nitrogens is 1. The highest BCUT2D eigenvalue weighted by Crippen LogP contribution is 2.37. The molecule has 0 aliphatic carbocycles. The number of para-hydroxylation sites is 1. The molecule has 0 aliphatic rings. The van der Waals surface area contributed by atoms with E-state index < -0.39 is 12.0 Å². The lowest BCUT2D eigenvalue weighted by atomic mass is 10.0. The standard InChI is InChI=1S/C29H24FNO5/c1-34-26-15-14-19(17-24(26)30)21-10-5-11-22-23(28(31-27(21)22)36-29(32)33)12-6-16-35-25-13-4-8-18-7-2-3-9-20(18)25/h2-5,7-11,13-15,17,31H,6,12,16H2,1H3,(H,32,33). The van der Waals surface area contributed by atoms with Crippen molar-refractivity contribution in [3.05, 3.63) is 90.2 Å². The van der Waals surface area contributed by atoms with Crippen LogP contribution in [0.1, 0.15) is 12.0 Å². The first-order chi connectivity index (χ1) is 17.5. The predicted octanol–water partition coefficient (Wildman–Crippen LogP) is 7.20. The lowest BCUT2D eigenvalue weighted by Gasteiger charge is -2.10. The third-order valence-electron chi connectivity index (χ3n) is 6.13. The van der Waals surface area contributed by atoms with E-state index in [-0.39, 0.29) is 11.6 Å². The first-order valence-corrected chi connectivity index (χ1v) is 11.5. The monoisotopic (exact) mass is 485 g/mol. The van der Waals surface area contributed by atoms with Crippen LogP contribution in [0.4, 0.5) is 9.18 Å². The summed E-state index contributed by atoms with van der Waals surface area (Å²) < 4.78 is 30.5. The molecule has 0 unspecified atom stereocenters. The van der Waals surface area contributed by atoms with Crippen LogP contribution in [0.5, 0.6) is 17.4 Å². The summed E-state index contributed by atoms with van der Waals surface area (Å²) in [5.41, 5.74) is 2.75. The fraction of sp³-hybridized carbons (Fsp3) is 0.138. The zero-order chi connectivity index (χ0) is 25.1. The smallest absolute Gasteiger partial charge is 0.494 e. The summed E-state index contributed by atoms with van der Waals surface area (Å²) in [6, 6.07) is 24.3. The second-order valence-corrected chi connectivity index (χ2v) is 8.31. The number of nitrogens with one attached hydrogen (secondary N) is 1. The largest absolute Gasteiger partial charge is 0.512 e. The van der Waals surface area contributed by atoms with Gasteiger partial charge in [-0.1, -0.05) is 60.7 Å². The molecule has 1 heterocycles. The summed E-state index contributed by atoms with van der Waals surface area (Å²) in [5, 5.41) is 12.2. The Bertz CT molecular complexity index is 1550. The number of carbonyl (C=O) groups is 1. The van der Waals surface area contributed by atoms with Crippen LogP contribution in [0, 0.1) is 5.82 Å². The van der Waals surface area contributed by atoms with Crippen molar-refractivity contribution >= 4 is 27.8 Å². The number of H-pyrrole nitrogens is 1. The van der Waals surface area contributed by atoms with E-state index in [0.717, 1.165) is 33.0 Å². The molecular weight excluding hydrogens is 461 g/mol. The number of fused-ring (bicyclic) bond motifs is 2. The topological polar surface area (TPSA) is 80.8 Å². The predicted molar refractivity (Wildman–Crippen MR) is 137 cm³/mol. The van der Waals surface area contributed by atoms with Crippen LogP contribution in [-0.4, -0.2) is 30.0 Å². The molecule has 7 heteroatoms. The molecule has 0 atom stereocenters. The molecule has 6 nitrogen and oxygen atoms in total. The Labute approximate surface area is 206 Å². The van der Waals surface area contributed by atoms with E-state index in [1.807, 2.05) is 60.7 Å². The summed E-state index contributed by atoms with van der Waals surface area (Å²) in [4.78, 5) is 14.5. The normalized spacial score (nSPS) is 11.1. The van der Waals surface area contributed by atoms with Gasteiger partial charge >= 0.3 is 6.16 Å². The van der Waals surface area contributed by atoms with E-state index in [0.29, 0.717) is 30.5 Å². The number of halogens is 1. The van der Waals surface area contributed by atoms with Gasteiger partial charge < -0.3 is 24.3 Å². The number of ether oxygens (including phenoxy) is 3. The van der Waals surface area contributed by atoms with Crippen molar-refractivity contribution in [1.82, 2.24) is 4.98 Å². The second-order valence-electron chi connectivity index (χ2n) is 8.31. The van der Waals surface area contributed by atoms with Crippen LogP contribution in [0.15, 0.2) is 78.9 Å². The van der Waals surface area contributed by atoms with Crippen molar-refractivity contribution in [3.8, 4) is 28.5 Å². The molecule has 5 rings (SSSR count). The molecule has 0 radical (unpaired) electrons. The van der Waals surface area contributed by atoms with E-state index in [1.54, 1.807) is 12.1 Å². The molecule has 0 bridgehead atoms. The minimum Gasteiger partial charge on any atom is -0.494 e. The Morgan fingerprint density at radius 3 is 2.53 bits per heavy atom. The number of methoxy groups -OCH3 is 1. The maximum absolute atomic E-state index is 14.4. The van der Waals surface area contributed by atoms with Gasteiger partial charge in [0, 0.05) is 21.9 Å². The molecule has 5 aromatic rings. The molecule has 0 aliphatic heterocycles. The van der Waals surface area contributed by atoms with Crippen LogP contribution in [-0.2, 0) is 6.42 Å². The number of benzene rings is 4. The van der Waals surface area contributed by atoms with Crippen molar-refractivity contribution in [2.45, 2.75) is 12.8 Å². The fourth-order valence-electron chi connectivity index (χ4n) is 4.50. The third kappa shape index (κ3) is 4.55. The van der Waals surface area contributed by atoms with Gasteiger partial charge in [-0.2, -0.15) is 0 Å². The molecular formula is C29H24FNO5. The molecule has 182 valence electrons. The average molecular weight is 486 g/mol. The summed E-state index contributed by atoms with van der Waals surface area (Å²) in [7, 11) is 1.41. The Kier molecular flexibility index (Phi) is 6.45. The third-order valence-corrected chi connectivity index (χ3v) is 6.13. The van der Waals surface area contributed by atoms with Gasteiger partial charge in [-0.3, -0.25) is 0 Å². The van der Waals surface area contributed by atoms with E-state index in [1.165, 1.54) is 13.2 Å². The number of hydrogen-bond acceptors (Lipinski definition) is 4. The van der Waals surface area contributed by atoms with Gasteiger partial charge in [0.15, 0.2) is 11.6 Å². The summed E-state index contributed by atoms with van der Waals surface area (Å²) >= 11 is 0. The summed E-state index contributed by atoms with van der Waals surface area (Å²) in [6.07, 6.45) is -0.256. The molecule has 4 aromatic carbocycles. The van der Waals surface area contributed by atoms with Crippen molar-refractivity contribution < 1.29 is 28.5 Å². The van der Waals surface area contributed by atoms with Crippen LogP contribution in [0.3, 0.4) is 0 Å². The zero-order valence-corrected chi connectivity index (χ0v) is 19.6. The highest BCUT2D eigenvalue weighted by Gasteiger charge is 2.18. The lowest BCUT2D eigenvalue weighted by molar-refractivity contribution is 0.142. The minimum absolute atomic E-state index is 0.152. The summed E-state index contributed by atoms with van der Waals surface area (Å²) in [5.74, 6) is 0.632. The number of rotatable bonds is 8. The van der Waals surface area contributed by atoms with Crippen LogP contribution < -0.4 is 14.2 Å². The van der Waals surface area contributed by atoms with Gasteiger partial charge in [-0.05, 0) is 42.0 Å². The number of aromatic amines is 1. The first kappa shape index (κ1) is 23.2. The fourth-order valence-corrected chi connectivity index (χ4v) is 4.50. The van der Waals surface area contributed by atoms with E-state index in [4.69, 9.17) is 14.2 Å². The van der Waals surface area contributed by atoms with Gasteiger partial charge in [-0.25, -0.2) is 9.18 Å². The Hall–Kier alpha value is -4.52. The average Bonchev–Trinajstić information content (AvgIpc) is 3.23. The molecule has 36 heavy (non-hydrogen) atoms. The van der Waals surface area contributed by atoms with Crippen molar-refractivity contribution in [2.75, 3.05) is 13.7 Å². The number of hydrogen-bond donors (Lipinski definition) is 2. The molecule has 1 aromatic heterocycles. The van der Waals surface area contributed by atoms with Crippen LogP contribution in [0.25, 0.3) is 32.8 Å². The van der Waals surface area contributed by atoms with Crippen molar-refractivity contribution in [3.63, 3.8) is 0 Å². The molecule has 0 saturated carbocycles. The molecule has 0 spiro atoms. The number of carboxylic acid groups (broad SMARTS) is 1. The highest BCUT2D eigenvalue weighted by molar-refractivity contribution is 5.98. The molecule has 0 saturated heterocycles. The Balaban J connectivity index is 1.42. The highest BCUT2D eigenvalue weighted by atomic mass is 19.1. The van der Waals surface area contributed by atoms with Crippen molar-refractivity contribution in [1.29, 1.82) is 0 Å². The quantitative estimate of drug-likeness (QED) is 0.179. The minimum atomic E-state index is -1.41. The molecule has 0 amide bonds. The van der Waals surface area contributed by atoms with Gasteiger partial charge in [0.1, 0.15) is 5.75 Å². The summed E-state index contributed by atoms with van der Waals surface area (Å²) in [6.45, 7) is 0.441. The van der Waals surface area contributed by atoms with Gasteiger partial charge in [0.2, 0.25) is 5.88 Å². The van der Waals surface area contributed by atoms with E-state index >= 15 is 0 Å². The first-order valence-electron chi connectivity index (χ1n) is 11.5. The Morgan fingerprint density at radius 2 is 1.72 bits per heavy atom. The van der Waals surface area contributed by atoms with Crippen LogP contribution in [0.2, 0.25) is 0 Å². The van der Waals surface area contributed by atoms with Crippen LogP contribution >= 0.6 is 0 Å². The molecule has 2 N–H and O–H groups in total. The SMILES string of the molecule is COc1ccc(-c2cccc3c(CCCOc4cccc5ccccc45)c(OC(=O)O)[nH]c23)cc1F. The number of aryl methyl sites for hydroxylation is 1. The van der Waals surface area contributed by atoms with Gasteiger partial charge in [0.25, 0.3) is 0 Å². The van der Waals surface area contributed by atoms with E-state index in [2.05, 4.69) is 4.98 Å². The van der Waals surface area contributed by atoms with Crippen molar-refractivity contribution in [2.24, 2.45) is 0 Å². The maximum Gasteiger partial charge on any atom is 0.512 e. The van der Waals surface area contributed by atoms with E-state index in [9.17, 15) is 14.3 Å².